The summed E-state index contributed by atoms with van der Waals surface area (Å²) in [5.41, 5.74) is 13.9. The molecule has 0 bridgehead atoms. The van der Waals surface area contributed by atoms with E-state index in [1.165, 1.54) is 95.4 Å². The van der Waals surface area contributed by atoms with Gasteiger partial charge in [0.1, 0.15) is 46.4 Å². The Kier molecular flexibility index (Phi) is 43.0. The number of piperidine rings is 1. The first-order valence-corrected chi connectivity index (χ1v) is 47.7. The average molecular weight is 1800 g/mol. The van der Waals surface area contributed by atoms with Gasteiger partial charge in [-0.15, -0.1) is 11.3 Å². The number of nitriles is 2. The predicted octanol–water partition coefficient (Wildman–Crippen LogP) is 31.0. The number of rotatable bonds is 14. The van der Waals surface area contributed by atoms with Gasteiger partial charge in [-0.1, -0.05) is 255 Å². The first kappa shape index (κ1) is 111. The fourth-order valence-corrected chi connectivity index (χ4v) is 15.0. The number of thiophene rings is 1. The van der Waals surface area contributed by atoms with E-state index in [1.807, 2.05) is 91.2 Å². The number of fused-ring (bicyclic) bond motifs is 1. The Hall–Kier alpha value is -10.2. The maximum absolute atomic E-state index is 12.7. The van der Waals surface area contributed by atoms with Gasteiger partial charge in [0.25, 0.3) is 5.91 Å². The van der Waals surface area contributed by atoms with Gasteiger partial charge >= 0.3 is 0 Å². The number of hydrogen-bond acceptors (Lipinski definition) is 13. The standard InChI is InChI=1S/C16H18N2O.2C14H20O.C13H17F.C13H21N3.C13H17NO.C12H15NO.C10H15N.C10H16S.CH4/c1-16(2,3)12-7-9-13(10-8-12)18-15(19)14-6-4-5-11-17-14;1-14(2,3)12-6-8-13(9-7-12)15-10-11-4-5-11;1-14(2,3)10-15-13-8-7-11-5-4-6-12(11)9-13;1-13(2,3)12-8-11(12)9-4-6-10(14)7-5-9;1-13(2,3)11-5-4-8-16(10-11)12-9-14-6-7-15-12;1-10(13(2,3)4)15-12-7-5-11(9-14)6-8-12;1-12(2,3)9-14-11-6-4-5-10(7-11)8-13;1-8-6-5-7-9(11-8)10(2,3)4;1-8-5-6-9(11-8)7-10(2,3)4;/h4-11H,1-3H3,(H,18,19);6-9,11H,4-5,10H2,1-3H3;7-9H,4-6,10H2,1-3H3;4-7,11-12H,8H2,1-3H3;6-7,9,11H,4-5,8,10H2,1-3H3;5-8,10H,1-4H3;4-7H,9H2,1-3H3;5-7H,1-4H3;5-6H,7H2,1-4H3;1H4. The second-order valence-electron chi connectivity index (χ2n) is 45.2. The molecule has 0 spiro atoms. The predicted molar refractivity (Wildman–Crippen MR) is 551 cm³/mol. The number of pyridine rings is 2. The molecule has 3 aliphatic carbocycles. The molecular formula is C116H163FN8O5S. The Morgan fingerprint density at radius 2 is 1.11 bits per heavy atom. The van der Waals surface area contributed by atoms with Gasteiger partial charge in [-0.2, -0.15) is 10.5 Å². The Labute approximate surface area is 796 Å². The smallest absolute Gasteiger partial charge is 0.274 e. The normalized spacial score (nSPS) is 15.4. The number of aromatic nitrogens is 4. The van der Waals surface area contributed by atoms with E-state index in [0.717, 1.165) is 89.9 Å². The highest BCUT2D eigenvalue weighted by atomic mass is 32.1. The van der Waals surface area contributed by atoms with E-state index in [9.17, 15) is 9.18 Å². The second kappa shape index (κ2) is 50.6. The molecule has 131 heavy (non-hydrogen) atoms. The van der Waals surface area contributed by atoms with E-state index in [2.05, 4.69) is 310 Å². The summed E-state index contributed by atoms with van der Waals surface area (Å²) in [5, 5.41) is 20.2. The van der Waals surface area contributed by atoms with Crippen molar-refractivity contribution in [2.75, 3.05) is 43.1 Å². The fraction of sp³-hybridized carbons (Fsp3) is 0.509. The lowest BCUT2D eigenvalue weighted by Gasteiger charge is -2.40. The molecule has 14 rings (SSSR count). The van der Waals surface area contributed by atoms with Crippen molar-refractivity contribution < 1.29 is 28.1 Å². The number of benzene rings is 6. The van der Waals surface area contributed by atoms with Crippen LogP contribution in [0.15, 0.2) is 213 Å². The summed E-state index contributed by atoms with van der Waals surface area (Å²) in [6.07, 6.45) is 18.6. The zero-order valence-electron chi connectivity index (χ0n) is 85.0. The molecule has 4 unspecified atom stereocenters. The molecule has 3 fully saturated rings. The van der Waals surface area contributed by atoms with Gasteiger partial charge in [-0.3, -0.25) is 19.7 Å². The monoisotopic (exact) mass is 1800 g/mol. The Morgan fingerprint density at radius 3 is 1.60 bits per heavy atom. The largest absolute Gasteiger partial charge is 0.493 e. The van der Waals surface area contributed by atoms with Crippen LogP contribution in [0.5, 0.6) is 23.0 Å². The van der Waals surface area contributed by atoms with E-state index < -0.39 is 0 Å². The molecule has 5 heterocycles. The van der Waals surface area contributed by atoms with Crippen LogP contribution < -0.4 is 29.2 Å². The number of ether oxygens (including phenoxy) is 4. The molecule has 1 N–H and O–H groups in total. The van der Waals surface area contributed by atoms with Gasteiger partial charge in [0.15, 0.2) is 0 Å². The van der Waals surface area contributed by atoms with Crippen molar-refractivity contribution in [3.63, 3.8) is 0 Å². The molecule has 710 valence electrons. The van der Waals surface area contributed by atoms with Gasteiger partial charge in [-0.25, -0.2) is 9.37 Å². The molecule has 4 aromatic heterocycles. The molecule has 1 amide bonds. The van der Waals surface area contributed by atoms with E-state index in [4.69, 9.17) is 29.5 Å². The van der Waals surface area contributed by atoms with Gasteiger partial charge in [-0.05, 0) is 301 Å². The minimum absolute atomic E-state index is 0. The summed E-state index contributed by atoms with van der Waals surface area (Å²) in [6, 6.07) is 64.4. The molecular weight excluding hydrogens is 1640 g/mol. The van der Waals surface area contributed by atoms with E-state index >= 15 is 0 Å². The highest BCUT2D eigenvalue weighted by molar-refractivity contribution is 7.11. The van der Waals surface area contributed by atoms with Crippen LogP contribution in [0, 0.1) is 92.6 Å². The third kappa shape index (κ3) is 43.8. The number of nitrogens with one attached hydrogen (secondary N) is 1. The van der Waals surface area contributed by atoms with Gasteiger partial charge < -0.3 is 29.2 Å². The number of carbonyl (C=O) groups excluding carboxylic acids is 1. The number of carbonyl (C=O) groups is 1. The summed E-state index contributed by atoms with van der Waals surface area (Å²) < 4.78 is 35.5. The minimum Gasteiger partial charge on any atom is -0.493 e. The lowest BCUT2D eigenvalue weighted by atomic mass is 9.76. The average Bonchev–Trinajstić information content (AvgIpc) is 1.62. The van der Waals surface area contributed by atoms with Crippen molar-refractivity contribution in [1.82, 2.24) is 19.9 Å². The van der Waals surface area contributed by atoms with Crippen LogP contribution in [0.4, 0.5) is 15.9 Å². The van der Waals surface area contributed by atoms with Crippen molar-refractivity contribution in [3.05, 3.63) is 284 Å². The molecule has 4 atom stereocenters. The topological polar surface area (TPSA) is 168 Å². The third-order valence-corrected chi connectivity index (χ3v) is 23.6. The lowest BCUT2D eigenvalue weighted by molar-refractivity contribution is 0.102. The molecule has 15 heteroatoms. The molecule has 6 aromatic carbocycles. The van der Waals surface area contributed by atoms with Crippen LogP contribution >= 0.6 is 11.3 Å². The molecule has 1 saturated heterocycles. The van der Waals surface area contributed by atoms with Crippen molar-refractivity contribution >= 4 is 28.7 Å². The van der Waals surface area contributed by atoms with E-state index in [-0.39, 0.29) is 57.7 Å². The number of hydrogen-bond donors (Lipinski definition) is 1. The summed E-state index contributed by atoms with van der Waals surface area (Å²) in [7, 11) is 0. The Balaban J connectivity index is 0.000000262. The highest BCUT2D eigenvalue weighted by Gasteiger charge is 2.45. The lowest BCUT2D eigenvalue weighted by Crippen LogP contribution is -2.41. The molecule has 1 aliphatic heterocycles. The quantitative estimate of drug-likeness (QED) is 0.110. The summed E-state index contributed by atoms with van der Waals surface area (Å²) in [4.78, 5) is 34.2. The first-order chi connectivity index (χ1) is 60.5. The molecule has 10 aromatic rings. The maximum Gasteiger partial charge on any atom is 0.274 e. The fourth-order valence-electron chi connectivity index (χ4n) is 13.8. The zero-order valence-corrected chi connectivity index (χ0v) is 85.8. The van der Waals surface area contributed by atoms with Crippen LogP contribution in [-0.4, -0.2) is 64.9 Å². The number of nitrogens with zero attached hydrogens (tertiary/aromatic N) is 7. The summed E-state index contributed by atoms with van der Waals surface area (Å²) in [6.45, 7) is 70.5. The van der Waals surface area contributed by atoms with Gasteiger partial charge in [0.2, 0.25) is 0 Å². The van der Waals surface area contributed by atoms with Crippen LogP contribution in [0.2, 0.25) is 0 Å². The SMILES string of the molecule is C.CC(C)(C)C1CC1c1ccc(F)cc1.CC(C)(C)C1CCCN(c2cnccn2)C1.CC(C)(C)COc1ccc2c(c1)CCC2.CC(C)(C)COc1cccc(C#N)c1.CC(C)(C)c1ccc(NC(=O)c2ccccn2)cc1.CC(C)(C)c1ccc(OCC2CC2)cc1.CC(Oc1ccc(C#N)cc1)C(C)(C)C.Cc1ccc(CC(C)(C)C)s1.Cc1cccc(C(C)(C)C)n1. The first-order valence-electron chi connectivity index (χ1n) is 46.9. The minimum atomic E-state index is -0.191. The molecule has 4 aliphatic rings. The number of amides is 1. The summed E-state index contributed by atoms with van der Waals surface area (Å²) in [5.74, 6) is 7.33. The molecule has 0 radical (unpaired) electrons. The number of aryl methyl sites for hydroxylation is 4. The second-order valence-corrected chi connectivity index (χ2v) is 46.5. The van der Waals surface area contributed by atoms with Crippen molar-refractivity contribution in [2.45, 2.75) is 301 Å². The van der Waals surface area contributed by atoms with Crippen LogP contribution in [0.25, 0.3) is 0 Å². The van der Waals surface area contributed by atoms with Crippen molar-refractivity contribution in [2.24, 2.45) is 50.2 Å². The van der Waals surface area contributed by atoms with Gasteiger partial charge in [0, 0.05) is 63.9 Å². The molecule has 13 nitrogen and oxygen atoms in total. The van der Waals surface area contributed by atoms with Crippen LogP contribution in [0.3, 0.4) is 0 Å². The Morgan fingerprint density at radius 1 is 0.542 bits per heavy atom. The molecule has 2 saturated carbocycles. The maximum atomic E-state index is 12.7. The number of halogens is 1. The van der Waals surface area contributed by atoms with Crippen molar-refractivity contribution in [3.8, 4) is 35.1 Å². The highest BCUT2D eigenvalue weighted by Crippen LogP contribution is 2.56. The van der Waals surface area contributed by atoms with E-state index in [0.29, 0.717) is 45.6 Å². The van der Waals surface area contributed by atoms with E-state index in [1.54, 1.807) is 73.2 Å². The summed E-state index contributed by atoms with van der Waals surface area (Å²) >= 11 is 1.91. The Bertz CT molecular complexity index is 5070. The van der Waals surface area contributed by atoms with Crippen molar-refractivity contribution in [1.29, 1.82) is 10.5 Å². The number of anilines is 2. The van der Waals surface area contributed by atoms with Gasteiger partial charge in [0.05, 0.1) is 49.3 Å². The zero-order chi connectivity index (χ0) is 96.6. The van der Waals surface area contributed by atoms with Crippen LogP contribution in [0.1, 0.15) is 316 Å². The van der Waals surface area contributed by atoms with Crippen LogP contribution in [-0.2, 0) is 35.5 Å². The third-order valence-electron chi connectivity index (χ3n) is 22.6.